The van der Waals surface area contributed by atoms with E-state index in [1.165, 1.54) is 0 Å². The van der Waals surface area contributed by atoms with E-state index in [-0.39, 0.29) is 6.04 Å². The first-order chi connectivity index (χ1) is 16.1. The lowest BCUT2D eigenvalue weighted by Gasteiger charge is -2.19. The Morgan fingerprint density at radius 3 is 2.30 bits per heavy atom. The first-order valence-corrected chi connectivity index (χ1v) is 10.7. The molecule has 0 aliphatic carbocycles. The van der Waals surface area contributed by atoms with Crippen LogP contribution in [-0.4, -0.2) is 36.9 Å². The molecule has 162 valence electrons. The zero-order valence-electron chi connectivity index (χ0n) is 18.3. The lowest BCUT2D eigenvalue weighted by atomic mass is 9.98. The van der Waals surface area contributed by atoms with Gasteiger partial charge in [-0.15, -0.1) is 5.10 Å². The predicted octanol–water partition coefficient (Wildman–Crippen LogP) is 5.15. The van der Waals surface area contributed by atoms with Gasteiger partial charge in [-0.25, -0.2) is 4.98 Å². The second-order valence-corrected chi connectivity index (χ2v) is 7.95. The molecule has 5 aromatic rings. The van der Waals surface area contributed by atoms with Crippen molar-refractivity contribution in [3.63, 3.8) is 0 Å². The zero-order chi connectivity index (χ0) is 22.8. The molecule has 0 aliphatic heterocycles. The molecule has 0 radical (unpaired) electrons. The van der Waals surface area contributed by atoms with Crippen LogP contribution in [0.25, 0.3) is 39.7 Å². The fraction of sp³-hybridized carbons (Fsp3) is 0.115. The Morgan fingerprint density at radius 2 is 1.64 bits per heavy atom. The minimum atomic E-state index is 0.144. The standard InChI is InChI=1S/C26H22N6O/c1-17(2)28-25-22(19-8-4-3-5-9-19)23(20-13-11-18(16-33)12-14-20)29-26-30-24(31-32(25)26)21-10-6-7-15-27-21/h3-17,28H,1-2H3. The van der Waals surface area contributed by atoms with Gasteiger partial charge in [0.2, 0.25) is 5.82 Å². The third kappa shape index (κ3) is 3.96. The highest BCUT2D eigenvalue weighted by Gasteiger charge is 2.22. The molecule has 5 rings (SSSR count). The number of hydrogen-bond donors (Lipinski definition) is 1. The summed E-state index contributed by atoms with van der Waals surface area (Å²) in [7, 11) is 0. The van der Waals surface area contributed by atoms with E-state index in [1.807, 2.05) is 60.7 Å². The number of fused-ring (bicyclic) bond motifs is 1. The molecule has 0 saturated heterocycles. The third-order valence-corrected chi connectivity index (χ3v) is 5.19. The second kappa shape index (κ2) is 8.63. The number of nitrogens with zero attached hydrogens (tertiary/aromatic N) is 5. The zero-order valence-corrected chi connectivity index (χ0v) is 18.3. The van der Waals surface area contributed by atoms with Gasteiger partial charge in [-0.1, -0.05) is 60.7 Å². The molecule has 0 aliphatic rings. The molecule has 0 saturated carbocycles. The van der Waals surface area contributed by atoms with Crippen molar-refractivity contribution < 1.29 is 4.79 Å². The Balaban J connectivity index is 1.84. The maximum Gasteiger partial charge on any atom is 0.255 e. The van der Waals surface area contributed by atoms with Crippen molar-refractivity contribution in [1.29, 1.82) is 0 Å². The van der Waals surface area contributed by atoms with Crippen LogP contribution in [0.4, 0.5) is 5.82 Å². The van der Waals surface area contributed by atoms with Gasteiger partial charge in [0.05, 0.1) is 11.3 Å². The summed E-state index contributed by atoms with van der Waals surface area (Å²) in [6, 6.07) is 23.3. The highest BCUT2D eigenvalue weighted by Crippen LogP contribution is 2.37. The number of benzene rings is 2. The molecule has 1 N–H and O–H groups in total. The Hall–Kier alpha value is -4.39. The molecular formula is C26H22N6O. The fourth-order valence-electron chi connectivity index (χ4n) is 3.72. The summed E-state index contributed by atoms with van der Waals surface area (Å²) in [6.07, 6.45) is 2.55. The van der Waals surface area contributed by atoms with Crippen LogP contribution in [0.15, 0.2) is 79.0 Å². The van der Waals surface area contributed by atoms with Crippen LogP contribution < -0.4 is 5.32 Å². The van der Waals surface area contributed by atoms with E-state index in [0.29, 0.717) is 22.9 Å². The predicted molar refractivity (Wildman–Crippen MR) is 129 cm³/mol. The van der Waals surface area contributed by atoms with E-state index in [2.05, 4.69) is 29.1 Å². The summed E-state index contributed by atoms with van der Waals surface area (Å²) in [6.45, 7) is 4.16. The first kappa shape index (κ1) is 20.5. The summed E-state index contributed by atoms with van der Waals surface area (Å²) < 4.78 is 1.75. The van der Waals surface area contributed by atoms with Gasteiger partial charge >= 0.3 is 0 Å². The first-order valence-electron chi connectivity index (χ1n) is 10.7. The SMILES string of the molecule is CC(C)Nc1c(-c2ccccc2)c(-c2ccc(C=O)cc2)nc2nc(-c3ccccn3)nn12. The summed E-state index contributed by atoms with van der Waals surface area (Å²) >= 11 is 0. The minimum Gasteiger partial charge on any atom is -0.367 e. The summed E-state index contributed by atoms with van der Waals surface area (Å²) in [4.78, 5) is 25.2. The minimum absolute atomic E-state index is 0.144. The monoisotopic (exact) mass is 434 g/mol. The quantitative estimate of drug-likeness (QED) is 0.372. The van der Waals surface area contributed by atoms with Crippen LogP contribution >= 0.6 is 0 Å². The lowest BCUT2D eigenvalue weighted by molar-refractivity contribution is 0.112. The summed E-state index contributed by atoms with van der Waals surface area (Å²) in [5, 5.41) is 8.31. The molecule has 2 aromatic carbocycles. The topological polar surface area (TPSA) is 85.1 Å². The lowest BCUT2D eigenvalue weighted by Crippen LogP contribution is -2.16. The molecule has 0 atom stereocenters. The number of rotatable bonds is 6. The fourth-order valence-corrected chi connectivity index (χ4v) is 3.72. The highest BCUT2D eigenvalue weighted by molar-refractivity contribution is 5.90. The van der Waals surface area contributed by atoms with Gasteiger partial charge in [0.25, 0.3) is 5.78 Å². The number of nitrogens with one attached hydrogen (secondary N) is 1. The molecule has 7 heteroatoms. The number of carbonyl (C=O) groups is 1. The van der Waals surface area contributed by atoms with Crippen LogP contribution in [0.5, 0.6) is 0 Å². The second-order valence-electron chi connectivity index (χ2n) is 7.95. The van der Waals surface area contributed by atoms with Crippen molar-refractivity contribution in [2.75, 3.05) is 5.32 Å². The van der Waals surface area contributed by atoms with Crippen molar-refractivity contribution in [3.05, 3.63) is 84.6 Å². The van der Waals surface area contributed by atoms with Gasteiger partial charge in [0, 0.05) is 23.4 Å². The van der Waals surface area contributed by atoms with Crippen LogP contribution in [-0.2, 0) is 0 Å². The normalized spacial score (nSPS) is 11.1. The van der Waals surface area contributed by atoms with Crippen LogP contribution in [0.3, 0.4) is 0 Å². The molecule has 0 fully saturated rings. The molecule has 7 nitrogen and oxygen atoms in total. The Bertz CT molecular complexity index is 1410. The van der Waals surface area contributed by atoms with Gasteiger partial charge in [-0.05, 0) is 31.5 Å². The Labute approximate surface area is 191 Å². The van der Waals surface area contributed by atoms with Crippen molar-refractivity contribution in [1.82, 2.24) is 24.6 Å². The Kier molecular flexibility index (Phi) is 5.36. The van der Waals surface area contributed by atoms with Gasteiger partial charge in [0.15, 0.2) is 0 Å². The van der Waals surface area contributed by atoms with E-state index >= 15 is 0 Å². The number of aromatic nitrogens is 5. The average molecular weight is 435 g/mol. The molecule has 33 heavy (non-hydrogen) atoms. The van der Waals surface area contributed by atoms with Gasteiger partial charge in [-0.3, -0.25) is 9.78 Å². The van der Waals surface area contributed by atoms with Crippen LogP contribution in [0.1, 0.15) is 24.2 Å². The van der Waals surface area contributed by atoms with Gasteiger partial charge in [-0.2, -0.15) is 9.50 Å². The van der Waals surface area contributed by atoms with E-state index in [1.54, 1.807) is 22.8 Å². The summed E-state index contributed by atoms with van der Waals surface area (Å²) in [5.41, 5.74) is 4.84. The Morgan fingerprint density at radius 1 is 0.879 bits per heavy atom. The third-order valence-electron chi connectivity index (χ3n) is 5.19. The number of aldehydes is 1. The van der Waals surface area contributed by atoms with E-state index in [4.69, 9.17) is 10.1 Å². The van der Waals surface area contributed by atoms with Crippen molar-refractivity contribution >= 4 is 17.9 Å². The van der Waals surface area contributed by atoms with Crippen molar-refractivity contribution in [3.8, 4) is 33.9 Å². The van der Waals surface area contributed by atoms with Gasteiger partial charge < -0.3 is 5.32 Å². The largest absolute Gasteiger partial charge is 0.367 e. The van der Waals surface area contributed by atoms with Crippen LogP contribution in [0.2, 0.25) is 0 Å². The average Bonchev–Trinajstić information content (AvgIpc) is 3.29. The number of pyridine rings is 1. The van der Waals surface area contributed by atoms with E-state index in [0.717, 1.165) is 34.5 Å². The molecule has 0 unspecified atom stereocenters. The highest BCUT2D eigenvalue weighted by atomic mass is 16.1. The van der Waals surface area contributed by atoms with E-state index < -0.39 is 0 Å². The van der Waals surface area contributed by atoms with Crippen molar-refractivity contribution in [2.24, 2.45) is 0 Å². The smallest absolute Gasteiger partial charge is 0.255 e. The molecule has 0 spiro atoms. The maximum atomic E-state index is 11.2. The molecule has 3 aromatic heterocycles. The number of anilines is 1. The number of hydrogen-bond acceptors (Lipinski definition) is 6. The maximum absolute atomic E-state index is 11.2. The molecular weight excluding hydrogens is 412 g/mol. The number of carbonyl (C=O) groups excluding carboxylic acids is 1. The van der Waals surface area contributed by atoms with E-state index in [9.17, 15) is 4.79 Å². The van der Waals surface area contributed by atoms with Crippen molar-refractivity contribution in [2.45, 2.75) is 19.9 Å². The summed E-state index contributed by atoms with van der Waals surface area (Å²) in [5.74, 6) is 1.76. The molecule has 3 heterocycles. The van der Waals surface area contributed by atoms with Crippen LogP contribution in [0, 0.1) is 0 Å². The molecule has 0 amide bonds. The van der Waals surface area contributed by atoms with Gasteiger partial charge in [0.1, 0.15) is 17.8 Å². The molecule has 0 bridgehead atoms.